The maximum atomic E-state index is 11.8. The summed E-state index contributed by atoms with van der Waals surface area (Å²) in [4.78, 5) is 13.3. The maximum absolute atomic E-state index is 11.8. The number of rotatable bonds is 3. The van der Waals surface area contributed by atoms with Gasteiger partial charge in [-0.05, 0) is 27.2 Å². The lowest BCUT2D eigenvalue weighted by atomic mass is 10.1. The highest BCUT2D eigenvalue weighted by Gasteiger charge is 2.30. The Balaban J connectivity index is 2.39. The van der Waals surface area contributed by atoms with E-state index in [1.54, 1.807) is 4.90 Å². The Morgan fingerprint density at radius 3 is 2.50 bits per heavy atom. The maximum Gasteiger partial charge on any atom is 0.410 e. The molecule has 18 heavy (non-hydrogen) atoms. The minimum atomic E-state index is -3.41. The van der Waals surface area contributed by atoms with Gasteiger partial charge in [0.15, 0.2) is 0 Å². The van der Waals surface area contributed by atoms with Gasteiger partial charge in [-0.15, -0.1) is 0 Å². The van der Waals surface area contributed by atoms with Crippen molar-refractivity contribution in [3.63, 3.8) is 0 Å². The molecule has 1 saturated heterocycles. The molecule has 0 aromatic heterocycles. The van der Waals surface area contributed by atoms with Crippen LogP contribution in [0.4, 0.5) is 4.79 Å². The fourth-order valence-corrected chi connectivity index (χ4v) is 2.12. The van der Waals surface area contributed by atoms with Crippen molar-refractivity contribution in [3.8, 4) is 0 Å². The Bertz CT molecular complexity index is 398. The van der Waals surface area contributed by atoms with Gasteiger partial charge in [0.05, 0.1) is 12.9 Å². The number of carbonyl (C=O) groups is 1. The molecular formula is C11H21NO5S. The Kier molecular flexibility index (Phi) is 4.61. The third-order valence-electron chi connectivity index (χ3n) is 2.46. The van der Waals surface area contributed by atoms with Gasteiger partial charge in [-0.2, -0.15) is 8.42 Å². The van der Waals surface area contributed by atoms with Gasteiger partial charge >= 0.3 is 6.09 Å². The minimum absolute atomic E-state index is 0.0484. The topological polar surface area (TPSA) is 72.9 Å². The minimum Gasteiger partial charge on any atom is -0.444 e. The molecule has 0 aromatic rings. The quantitative estimate of drug-likeness (QED) is 0.726. The van der Waals surface area contributed by atoms with Crippen molar-refractivity contribution in [1.82, 2.24) is 4.90 Å². The zero-order valence-corrected chi connectivity index (χ0v) is 12.1. The van der Waals surface area contributed by atoms with Crippen molar-refractivity contribution in [3.05, 3.63) is 0 Å². The molecule has 7 heteroatoms. The lowest BCUT2D eigenvalue weighted by molar-refractivity contribution is 0.0285. The summed E-state index contributed by atoms with van der Waals surface area (Å²) in [6.45, 7) is 6.61. The van der Waals surface area contributed by atoms with E-state index in [0.29, 0.717) is 13.1 Å². The predicted molar refractivity (Wildman–Crippen MR) is 66.7 cm³/mol. The van der Waals surface area contributed by atoms with Crippen LogP contribution in [0.2, 0.25) is 0 Å². The molecule has 106 valence electrons. The first kappa shape index (κ1) is 15.2. The normalized spacial score (nSPS) is 21.1. The summed E-state index contributed by atoms with van der Waals surface area (Å²) >= 11 is 0. The average Bonchev–Trinajstić information content (AvgIpc) is 2.58. The van der Waals surface area contributed by atoms with Gasteiger partial charge in [-0.1, -0.05) is 0 Å². The van der Waals surface area contributed by atoms with Crippen molar-refractivity contribution in [2.45, 2.75) is 32.8 Å². The van der Waals surface area contributed by atoms with Crippen LogP contribution in [0.25, 0.3) is 0 Å². The lowest BCUT2D eigenvalue weighted by Crippen LogP contribution is -2.35. The average molecular weight is 279 g/mol. The smallest absolute Gasteiger partial charge is 0.410 e. The second-order valence-corrected chi connectivity index (χ2v) is 7.21. The number of hydrogen-bond acceptors (Lipinski definition) is 5. The van der Waals surface area contributed by atoms with Gasteiger partial charge in [0.1, 0.15) is 5.60 Å². The van der Waals surface area contributed by atoms with Gasteiger partial charge in [-0.3, -0.25) is 4.18 Å². The summed E-state index contributed by atoms with van der Waals surface area (Å²) in [5, 5.41) is 0. The third kappa shape index (κ3) is 5.68. The van der Waals surface area contributed by atoms with Gasteiger partial charge in [0.25, 0.3) is 10.1 Å². The second-order valence-electron chi connectivity index (χ2n) is 5.57. The van der Waals surface area contributed by atoms with Crippen molar-refractivity contribution < 1.29 is 22.1 Å². The molecule has 0 radical (unpaired) electrons. The van der Waals surface area contributed by atoms with Crippen molar-refractivity contribution >= 4 is 16.2 Å². The molecule has 0 aromatic carbocycles. The summed E-state index contributed by atoms with van der Waals surface area (Å²) in [7, 11) is -3.41. The first-order valence-electron chi connectivity index (χ1n) is 5.89. The number of nitrogens with zero attached hydrogens (tertiary/aromatic N) is 1. The van der Waals surface area contributed by atoms with Crippen LogP contribution in [0.15, 0.2) is 0 Å². The monoisotopic (exact) mass is 279 g/mol. The molecule has 6 nitrogen and oxygen atoms in total. The molecule has 1 rings (SSSR count). The highest BCUT2D eigenvalue weighted by Crippen LogP contribution is 2.20. The molecule has 1 aliphatic rings. The number of likely N-dealkylation sites (tertiary alicyclic amines) is 1. The Labute approximate surface area is 108 Å². The Morgan fingerprint density at radius 1 is 1.39 bits per heavy atom. The van der Waals surface area contributed by atoms with Crippen LogP contribution in [0.5, 0.6) is 0 Å². The van der Waals surface area contributed by atoms with E-state index in [0.717, 1.165) is 12.7 Å². The molecule has 1 amide bonds. The summed E-state index contributed by atoms with van der Waals surface area (Å²) in [6, 6.07) is 0. The van der Waals surface area contributed by atoms with Gasteiger partial charge in [0, 0.05) is 19.0 Å². The molecule has 0 aliphatic carbocycles. The number of hydrogen-bond donors (Lipinski definition) is 0. The Morgan fingerprint density at radius 2 is 2.00 bits per heavy atom. The molecule has 1 aliphatic heterocycles. The van der Waals surface area contributed by atoms with Crippen LogP contribution in [-0.2, 0) is 19.0 Å². The second kappa shape index (κ2) is 5.44. The summed E-state index contributed by atoms with van der Waals surface area (Å²) in [5.41, 5.74) is -0.515. The van der Waals surface area contributed by atoms with E-state index in [4.69, 9.17) is 8.92 Å². The zero-order valence-electron chi connectivity index (χ0n) is 11.3. The first-order valence-corrected chi connectivity index (χ1v) is 7.71. The molecule has 0 unspecified atom stereocenters. The molecule has 0 N–H and O–H groups in total. The van der Waals surface area contributed by atoms with Crippen LogP contribution in [-0.4, -0.2) is 51.0 Å². The van der Waals surface area contributed by atoms with Gasteiger partial charge < -0.3 is 9.64 Å². The fourth-order valence-electron chi connectivity index (χ4n) is 1.68. The van der Waals surface area contributed by atoms with Crippen molar-refractivity contribution in [2.24, 2.45) is 5.92 Å². The molecule has 1 fully saturated rings. The molecular weight excluding hydrogens is 258 g/mol. The van der Waals surface area contributed by atoms with Crippen LogP contribution in [0, 0.1) is 5.92 Å². The number of ether oxygens (including phenoxy) is 1. The summed E-state index contributed by atoms with van der Waals surface area (Å²) in [6.07, 6.45) is 1.40. The third-order valence-corrected chi connectivity index (χ3v) is 3.02. The van der Waals surface area contributed by atoms with E-state index in [1.807, 2.05) is 20.8 Å². The van der Waals surface area contributed by atoms with Crippen LogP contribution < -0.4 is 0 Å². The summed E-state index contributed by atoms with van der Waals surface area (Å²) in [5.74, 6) is 0.0484. The standard InChI is InChI=1S/C11H21NO5S/c1-11(2,3)17-10(13)12-6-5-9(7-12)8-16-18(4,14)15/h9H,5-8H2,1-4H3/t9-/m0/s1. The van der Waals surface area contributed by atoms with Crippen molar-refractivity contribution in [2.75, 3.05) is 26.0 Å². The van der Waals surface area contributed by atoms with Crippen LogP contribution >= 0.6 is 0 Å². The summed E-state index contributed by atoms with van der Waals surface area (Å²) < 4.78 is 31.7. The van der Waals surface area contributed by atoms with E-state index >= 15 is 0 Å². The van der Waals surface area contributed by atoms with Gasteiger partial charge in [0.2, 0.25) is 0 Å². The molecule has 0 bridgehead atoms. The molecule has 1 atom stereocenters. The largest absolute Gasteiger partial charge is 0.444 e. The highest BCUT2D eigenvalue weighted by atomic mass is 32.2. The molecule has 1 heterocycles. The fraction of sp³-hybridized carbons (Fsp3) is 0.909. The Hall–Kier alpha value is -0.820. The highest BCUT2D eigenvalue weighted by molar-refractivity contribution is 7.85. The first-order chi connectivity index (χ1) is 8.07. The van der Waals surface area contributed by atoms with Crippen LogP contribution in [0.1, 0.15) is 27.2 Å². The van der Waals surface area contributed by atoms with E-state index in [1.165, 1.54) is 0 Å². The zero-order chi connectivity index (χ0) is 14.0. The SMILES string of the molecule is CC(C)(C)OC(=O)N1CC[C@H](COS(C)(=O)=O)C1. The van der Waals surface area contributed by atoms with E-state index in [2.05, 4.69) is 0 Å². The van der Waals surface area contributed by atoms with Gasteiger partial charge in [-0.25, -0.2) is 4.79 Å². The number of carbonyl (C=O) groups excluding carboxylic acids is 1. The molecule has 0 spiro atoms. The van der Waals surface area contributed by atoms with Crippen LogP contribution in [0.3, 0.4) is 0 Å². The van der Waals surface area contributed by atoms with E-state index in [9.17, 15) is 13.2 Å². The van der Waals surface area contributed by atoms with Crippen molar-refractivity contribution in [1.29, 1.82) is 0 Å². The predicted octanol–water partition coefficient (Wildman–Crippen LogP) is 1.22. The van der Waals surface area contributed by atoms with E-state index in [-0.39, 0.29) is 18.6 Å². The molecule has 0 saturated carbocycles. The number of amides is 1. The lowest BCUT2D eigenvalue weighted by Gasteiger charge is -2.24. The van der Waals surface area contributed by atoms with E-state index < -0.39 is 15.7 Å².